The van der Waals surface area contributed by atoms with E-state index in [1.54, 1.807) is 0 Å². The van der Waals surface area contributed by atoms with Gasteiger partial charge in [0.05, 0.1) is 25.2 Å². The number of esters is 1. The fourth-order valence-electron chi connectivity index (χ4n) is 5.16. The molecular formula is C22H32O4Si. The van der Waals surface area contributed by atoms with E-state index in [9.17, 15) is 4.79 Å². The van der Waals surface area contributed by atoms with Crippen molar-refractivity contribution in [2.75, 3.05) is 7.11 Å². The minimum absolute atomic E-state index is 0.0697. The lowest BCUT2D eigenvalue weighted by molar-refractivity contribution is -0.209. The van der Waals surface area contributed by atoms with Crippen LogP contribution in [-0.4, -0.2) is 27.2 Å². The molecule has 1 aromatic rings. The molecule has 0 saturated carbocycles. The van der Waals surface area contributed by atoms with Crippen LogP contribution < -0.4 is 0 Å². The zero-order chi connectivity index (χ0) is 20.0. The maximum absolute atomic E-state index is 12.5. The standard InChI is InChI=1S/C22H32O4Si/c1-14(2)27(15(3)4,16(5)6)26-22-19(12-20(22)21(23)24-7)18-11-9-8-10-17(18)13-25-22/h8-12,14-16,19H,13H2,1-7H3/t19-,22-/m0/s1. The van der Waals surface area contributed by atoms with Crippen LogP contribution in [0.25, 0.3) is 0 Å². The van der Waals surface area contributed by atoms with Crippen LogP contribution in [0.4, 0.5) is 0 Å². The Kier molecular flexibility index (Phi) is 5.41. The number of hydrogen-bond acceptors (Lipinski definition) is 4. The van der Waals surface area contributed by atoms with Gasteiger partial charge in [0.2, 0.25) is 14.1 Å². The highest BCUT2D eigenvalue weighted by atomic mass is 28.4. The second-order valence-electron chi connectivity index (χ2n) is 8.62. The van der Waals surface area contributed by atoms with Crippen LogP contribution in [0.2, 0.25) is 16.6 Å². The molecule has 0 aromatic heterocycles. The highest BCUT2D eigenvalue weighted by Gasteiger charge is 2.62. The lowest BCUT2D eigenvalue weighted by Gasteiger charge is -2.56. The second-order valence-corrected chi connectivity index (χ2v) is 14.0. The summed E-state index contributed by atoms with van der Waals surface area (Å²) >= 11 is 0. The number of carbonyl (C=O) groups excluding carboxylic acids is 1. The molecule has 1 aliphatic carbocycles. The summed E-state index contributed by atoms with van der Waals surface area (Å²) in [6.07, 6.45) is 1.96. The van der Waals surface area contributed by atoms with Gasteiger partial charge in [0.25, 0.3) is 0 Å². The predicted octanol–water partition coefficient (Wildman–Crippen LogP) is 5.30. The first-order valence-corrected chi connectivity index (χ1v) is 12.1. The first kappa shape index (κ1) is 20.3. The van der Waals surface area contributed by atoms with E-state index in [-0.39, 0.29) is 11.9 Å². The van der Waals surface area contributed by atoms with Crippen molar-refractivity contribution in [2.45, 2.75) is 76.5 Å². The second kappa shape index (κ2) is 7.19. The van der Waals surface area contributed by atoms with Gasteiger partial charge in [-0.1, -0.05) is 71.9 Å². The van der Waals surface area contributed by atoms with Crippen molar-refractivity contribution in [3.8, 4) is 0 Å². The molecule has 0 amide bonds. The fourth-order valence-corrected chi connectivity index (χ4v) is 10.7. The van der Waals surface area contributed by atoms with Gasteiger partial charge in [-0.15, -0.1) is 0 Å². The number of carbonyl (C=O) groups is 1. The first-order valence-electron chi connectivity index (χ1n) is 9.93. The van der Waals surface area contributed by atoms with Crippen molar-refractivity contribution < 1.29 is 18.7 Å². The smallest absolute Gasteiger partial charge is 0.338 e. The average Bonchev–Trinajstić information content (AvgIpc) is 2.60. The van der Waals surface area contributed by atoms with Gasteiger partial charge >= 0.3 is 5.97 Å². The molecule has 2 atom stereocenters. The maximum atomic E-state index is 12.5. The number of ether oxygens (including phenoxy) is 2. The molecule has 0 fully saturated rings. The molecule has 1 heterocycles. The Labute approximate surface area is 164 Å². The van der Waals surface area contributed by atoms with Crippen molar-refractivity contribution in [1.82, 2.24) is 0 Å². The highest BCUT2D eigenvalue weighted by Crippen LogP contribution is 2.57. The van der Waals surface area contributed by atoms with Gasteiger partial charge in [0.1, 0.15) is 0 Å². The first-order chi connectivity index (χ1) is 12.7. The summed E-state index contributed by atoms with van der Waals surface area (Å²) in [5, 5.41) is 0. The molecule has 3 rings (SSSR count). The van der Waals surface area contributed by atoms with Crippen LogP contribution in [0.5, 0.6) is 0 Å². The number of fused-ring (bicyclic) bond motifs is 3. The summed E-state index contributed by atoms with van der Waals surface area (Å²) in [5.41, 5.74) is 4.06. The molecule has 5 heteroatoms. The molecule has 0 spiro atoms. The molecule has 0 radical (unpaired) electrons. The largest absolute Gasteiger partial charge is 0.466 e. The molecule has 2 aliphatic rings. The van der Waals surface area contributed by atoms with E-state index in [2.05, 4.69) is 53.7 Å². The number of methoxy groups -OCH3 is 1. The van der Waals surface area contributed by atoms with Crippen LogP contribution in [0.1, 0.15) is 58.6 Å². The highest BCUT2D eigenvalue weighted by molar-refractivity contribution is 6.77. The predicted molar refractivity (Wildman–Crippen MR) is 109 cm³/mol. The van der Waals surface area contributed by atoms with Crippen molar-refractivity contribution in [3.05, 3.63) is 47.0 Å². The van der Waals surface area contributed by atoms with Gasteiger partial charge in [-0.05, 0) is 27.8 Å². The van der Waals surface area contributed by atoms with E-state index in [0.29, 0.717) is 28.8 Å². The van der Waals surface area contributed by atoms with Crippen LogP contribution in [-0.2, 0) is 25.3 Å². The maximum Gasteiger partial charge on any atom is 0.338 e. The summed E-state index contributed by atoms with van der Waals surface area (Å²) in [6, 6.07) is 8.27. The van der Waals surface area contributed by atoms with Gasteiger partial charge in [0, 0.05) is 0 Å². The number of hydrogen-bond donors (Lipinski definition) is 0. The molecular weight excluding hydrogens is 356 g/mol. The Hall–Kier alpha value is -1.43. The molecule has 0 unspecified atom stereocenters. The number of benzene rings is 1. The Bertz CT molecular complexity index is 731. The molecule has 148 valence electrons. The quantitative estimate of drug-likeness (QED) is 0.490. The van der Waals surface area contributed by atoms with Gasteiger partial charge < -0.3 is 13.9 Å². The van der Waals surface area contributed by atoms with Gasteiger partial charge in [-0.2, -0.15) is 0 Å². The normalized spacial score (nSPS) is 24.4. The van der Waals surface area contributed by atoms with E-state index < -0.39 is 14.1 Å². The third kappa shape index (κ3) is 2.91. The van der Waals surface area contributed by atoms with E-state index in [4.69, 9.17) is 13.9 Å². The van der Waals surface area contributed by atoms with Crippen LogP contribution in [0.3, 0.4) is 0 Å². The van der Waals surface area contributed by atoms with Crippen molar-refractivity contribution >= 4 is 14.3 Å². The SMILES string of the molecule is COC(=O)C1=C[C@H]2c3ccccc3CO[C@@]12O[Si](C(C)C)(C(C)C)C(C)C. The molecule has 0 N–H and O–H groups in total. The Morgan fingerprint density at radius 3 is 2.26 bits per heavy atom. The average molecular weight is 389 g/mol. The third-order valence-corrected chi connectivity index (χ3v) is 12.5. The van der Waals surface area contributed by atoms with Crippen LogP contribution >= 0.6 is 0 Å². The lowest BCUT2D eigenvalue weighted by Crippen LogP contribution is -2.63. The van der Waals surface area contributed by atoms with E-state index >= 15 is 0 Å². The molecule has 1 aromatic carbocycles. The Balaban J connectivity index is 2.12. The van der Waals surface area contributed by atoms with Gasteiger partial charge in [0.15, 0.2) is 0 Å². The van der Waals surface area contributed by atoms with Gasteiger partial charge in [-0.25, -0.2) is 4.79 Å². The zero-order valence-corrected chi connectivity index (χ0v) is 18.5. The lowest BCUT2D eigenvalue weighted by atomic mass is 9.72. The van der Waals surface area contributed by atoms with E-state index in [1.807, 2.05) is 18.2 Å². The van der Waals surface area contributed by atoms with Crippen molar-refractivity contribution in [2.24, 2.45) is 0 Å². The molecule has 27 heavy (non-hydrogen) atoms. The van der Waals surface area contributed by atoms with Crippen molar-refractivity contribution in [3.63, 3.8) is 0 Å². The summed E-state index contributed by atoms with van der Waals surface area (Å²) in [7, 11) is -0.857. The zero-order valence-electron chi connectivity index (χ0n) is 17.5. The summed E-state index contributed by atoms with van der Waals surface area (Å²) in [5.74, 6) is -1.45. The summed E-state index contributed by atoms with van der Waals surface area (Å²) < 4.78 is 18.5. The van der Waals surface area contributed by atoms with Crippen LogP contribution in [0, 0.1) is 0 Å². The summed E-state index contributed by atoms with van der Waals surface area (Å²) in [4.78, 5) is 12.5. The molecule has 4 nitrogen and oxygen atoms in total. The minimum atomic E-state index is -2.27. The van der Waals surface area contributed by atoms with Crippen LogP contribution in [0.15, 0.2) is 35.9 Å². The topological polar surface area (TPSA) is 44.8 Å². The molecule has 0 saturated heterocycles. The Morgan fingerprint density at radius 1 is 1.11 bits per heavy atom. The van der Waals surface area contributed by atoms with E-state index in [1.165, 1.54) is 12.7 Å². The van der Waals surface area contributed by atoms with E-state index in [0.717, 1.165) is 5.56 Å². The number of rotatable bonds is 6. The summed E-state index contributed by atoms with van der Waals surface area (Å²) in [6.45, 7) is 13.9. The van der Waals surface area contributed by atoms with Gasteiger partial charge in [-0.3, -0.25) is 0 Å². The fraction of sp³-hybridized carbons (Fsp3) is 0.591. The van der Waals surface area contributed by atoms with Crippen molar-refractivity contribution in [1.29, 1.82) is 0 Å². The molecule has 1 aliphatic heterocycles. The monoisotopic (exact) mass is 388 g/mol. The Morgan fingerprint density at radius 2 is 1.70 bits per heavy atom. The minimum Gasteiger partial charge on any atom is -0.466 e. The molecule has 0 bridgehead atoms. The third-order valence-electron chi connectivity index (χ3n) is 6.39.